The van der Waals surface area contributed by atoms with Crippen LogP contribution in [0, 0.1) is 0 Å². The summed E-state index contributed by atoms with van der Waals surface area (Å²) < 4.78 is 0. The van der Waals surface area contributed by atoms with Gasteiger partial charge in [-0.3, -0.25) is 4.79 Å². The molecule has 2 aromatic carbocycles. The number of aromatic amines is 1. The first-order valence-electron chi connectivity index (χ1n) is 6.59. The monoisotopic (exact) mass is 265 g/mol. The lowest BCUT2D eigenvalue weighted by molar-refractivity contribution is 0.102. The van der Waals surface area contributed by atoms with Gasteiger partial charge in [-0.25, -0.2) is 4.98 Å². The van der Waals surface area contributed by atoms with Crippen LogP contribution in [-0.4, -0.2) is 15.9 Å². The molecule has 0 aliphatic rings. The Balaban J connectivity index is 1.84. The average molecular weight is 265 g/mol. The summed E-state index contributed by atoms with van der Waals surface area (Å²) >= 11 is 0. The number of fused-ring (bicyclic) bond motifs is 1. The van der Waals surface area contributed by atoms with E-state index in [1.807, 2.05) is 30.3 Å². The van der Waals surface area contributed by atoms with Crippen LogP contribution < -0.4 is 5.32 Å². The summed E-state index contributed by atoms with van der Waals surface area (Å²) in [5.41, 5.74) is 4.35. The van der Waals surface area contributed by atoms with E-state index in [1.54, 1.807) is 18.5 Å². The maximum Gasteiger partial charge on any atom is 0.255 e. The average Bonchev–Trinajstić information content (AvgIpc) is 2.94. The molecule has 3 aromatic rings. The fourth-order valence-electron chi connectivity index (χ4n) is 2.15. The summed E-state index contributed by atoms with van der Waals surface area (Å²) in [5.74, 6) is -0.116. The Kier molecular flexibility index (Phi) is 3.21. The van der Waals surface area contributed by atoms with Crippen LogP contribution in [0.25, 0.3) is 11.0 Å². The van der Waals surface area contributed by atoms with Gasteiger partial charge in [-0.1, -0.05) is 19.1 Å². The third-order valence-corrected chi connectivity index (χ3v) is 3.28. The molecular formula is C16H15N3O. The number of hydrogen-bond acceptors (Lipinski definition) is 2. The van der Waals surface area contributed by atoms with E-state index in [0.29, 0.717) is 5.56 Å². The number of amides is 1. The van der Waals surface area contributed by atoms with Crippen molar-refractivity contribution in [1.29, 1.82) is 0 Å². The van der Waals surface area contributed by atoms with Crippen molar-refractivity contribution in [2.45, 2.75) is 13.3 Å². The molecule has 0 aliphatic heterocycles. The molecule has 0 atom stereocenters. The zero-order chi connectivity index (χ0) is 13.9. The number of nitrogens with one attached hydrogen (secondary N) is 2. The fraction of sp³-hybridized carbons (Fsp3) is 0.125. The fourth-order valence-corrected chi connectivity index (χ4v) is 2.15. The number of nitrogens with zero attached hydrogens (tertiary/aromatic N) is 1. The maximum absolute atomic E-state index is 12.2. The second-order valence-electron chi connectivity index (χ2n) is 4.64. The highest BCUT2D eigenvalue weighted by Gasteiger charge is 2.08. The van der Waals surface area contributed by atoms with Crippen LogP contribution in [-0.2, 0) is 6.42 Å². The molecule has 4 heteroatoms. The van der Waals surface area contributed by atoms with E-state index in [9.17, 15) is 4.79 Å². The molecule has 100 valence electrons. The van der Waals surface area contributed by atoms with Gasteiger partial charge in [0, 0.05) is 11.3 Å². The number of imidazole rings is 1. The van der Waals surface area contributed by atoms with E-state index in [0.717, 1.165) is 23.1 Å². The number of carbonyl (C=O) groups is 1. The molecule has 0 spiro atoms. The Morgan fingerprint density at radius 2 is 2.15 bits per heavy atom. The number of rotatable bonds is 3. The minimum atomic E-state index is -0.116. The normalized spacial score (nSPS) is 10.7. The number of aryl methyl sites for hydroxylation is 1. The lowest BCUT2D eigenvalue weighted by atomic mass is 10.1. The largest absolute Gasteiger partial charge is 0.345 e. The van der Waals surface area contributed by atoms with Gasteiger partial charge in [0.1, 0.15) is 0 Å². The summed E-state index contributed by atoms with van der Waals surface area (Å²) in [5, 5.41) is 2.92. The first-order valence-corrected chi connectivity index (χ1v) is 6.59. The molecule has 0 saturated carbocycles. The van der Waals surface area contributed by atoms with Crippen molar-refractivity contribution < 1.29 is 4.79 Å². The Morgan fingerprint density at radius 1 is 1.25 bits per heavy atom. The lowest BCUT2D eigenvalue weighted by Gasteiger charge is -2.06. The van der Waals surface area contributed by atoms with Crippen molar-refractivity contribution in [3.8, 4) is 0 Å². The van der Waals surface area contributed by atoms with E-state index >= 15 is 0 Å². The molecule has 20 heavy (non-hydrogen) atoms. The number of H-pyrrole nitrogens is 1. The van der Waals surface area contributed by atoms with Crippen LogP contribution >= 0.6 is 0 Å². The molecule has 0 unspecified atom stereocenters. The van der Waals surface area contributed by atoms with Gasteiger partial charge in [-0.05, 0) is 42.3 Å². The SMILES string of the molecule is CCc1cccc(NC(=O)c2ccc3nc[nH]c3c2)c1. The molecule has 1 aromatic heterocycles. The van der Waals surface area contributed by atoms with E-state index < -0.39 is 0 Å². The number of hydrogen-bond donors (Lipinski definition) is 2. The zero-order valence-corrected chi connectivity index (χ0v) is 11.2. The van der Waals surface area contributed by atoms with Gasteiger partial charge < -0.3 is 10.3 Å². The molecule has 0 bridgehead atoms. The van der Waals surface area contributed by atoms with Crippen LogP contribution in [0.2, 0.25) is 0 Å². The highest BCUT2D eigenvalue weighted by molar-refractivity contribution is 6.05. The van der Waals surface area contributed by atoms with Crippen molar-refractivity contribution >= 4 is 22.6 Å². The smallest absolute Gasteiger partial charge is 0.255 e. The minimum absolute atomic E-state index is 0.116. The highest BCUT2D eigenvalue weighted by Crippen LogP contribution is 2.15. The van der Waals surface area contributed by atoms with E-state index in [2.05, 4.69) is 22.2 Å². The van der Waals surface area contributed by atoms with Crippen molar-refractivity contribution in [1.82, 2.24) is 9.97 Å². The Bertz CT molecular complexity index is 761. The third-order valence-electron chi connectivity index (χ3n) is 3.28. The van der Waals surface area contributed by atoms with Gasteiger partial charge in [0.05, 0.1) is 17.4 Å². The van der Waals surface area contributed by atoms with Crippen molar-refractivity contribution in [2.24, 2.45) is 0 Å². The predicted molar refractivity (Wildman–Crippen MR) is 79.9 cm³/mol. The maximum atomic E-state index is 12.2. The second-order valence-corrected chi connectivity index (χ2v) is 4.64. The summed E-state index contributed by atoms with van der Waals surface area (Å²) in [6.07, 6.45) is 2.57. The molecule has 0 radical (unpaired) electrons. The van der Waals surface area contributed by atoms with Gasteiger partial charge >= 0.3 is 0 Å². The summed E-state index contributed by atoms with van der Waals surface area (Å²) in [4.78, 5) is 19.4. The van der Waals surface area contributed by atoms with Crippen molar-refractivity contribution in [3.05, 3.63) is 59.9 Å². The van der Waals surface area contributed by atoms with Crippen molar-refractivity contribution in [3.63, 3.8) is 0 Å². The third kappa shape index (κ3) is 2.40. The Hall–Kier alpha value is -2.62. The predicted octanol–water partition coefficient (Wildman–Crippen LogP) is 3.38. The lowest BCUT2D eigenvalue weighted by Crippen LogP contribution is -2.11. The Labute approximate surface area is 116 Å². The van der Waals surface area contributed by atoms with Gasteiger partial charge in [0.15, 0.2) is 0 Å². The number of carbonyl (C=O) groups excluding carboxylic acids is 1. The summed E-state index contributed by atoms with van der Waals surface area (Å²) in [6, 6.07) is 13.3. The molecule has 0 saturated heterocycles. The first-order chi connectivity index (χ1) is 9.76. The molecule has 1 amide bonds. The molecule has 0 aliphatic carbocycles. The number of anilines is 1. The van der Waals surface area contributed by atoms with E-state index in [4.69, 9.17) is 0 Å². The number of benzene rings is 2. The quantitative estimate of drug-likeness (QED) is 0.762. The molecule has 0 fully saturated rings. The van der Waals surface area contributed by atoms with Gasteiger partial charge in [0.2, 0.25) is 0 Å². The van der Waals surface area contributed by atoms with Crippen LogP contribution in [0.1, 0.15) is 22.8 Å². The van der Waals surface area contributed by atoms with Crippen LogP contribution in [0.15, 0.2) is 48.8 Å². The van der Waals surface area contributed by atoms with Crippen LogP contribution in [0.3, 0.4) is 0 Å². The summed E-state index contributed by atoms with van der Waals surface area (Å²) in [6.45, 7) is 2.09. The highest BCUT2D eigenvalue weighted by atomic mass is 16.1. The van der Waals surface area contributed by atoms with E-state index in [1.165, 1.54) is 5.56 Å². The second kappa shape index (κ2) is 5.17. The van der Waals surface area contributed by atoms with Crippen molar-refractivity contribution in [2.75, 3.05) is 5.32 Å². The first kappa shape index (κ1) is 12.4. The van der Waals surface area contributed by atoms with Gasteiger partial charge in [-0.15, -0.1) is 0 Å². The van der Waals surface area contributed by atoms with E-state index in [-0.39, 0.29) is 5.91 Å². The zero-order valence-electron chi connectivity index (χ0n) is 11.2. The minimum Gasteiger partial charge on any atom is -0.345 e. The molecule has 4 nitrogen and oxygen atoms in total. The topological polar surface area (TPSA) is 57.8 Å². The van der Waals surface area contributed by atoms with Gasteiger partial charge in [0.25, 0.3) is 5.91 Å². The van der Waals surface area contributed by atoms with Crippen LogP contribution in [0.5, 0.6) is 0 Å². The number of aromatic nitrogens is 2. The standard InChI is InChI=1S/C16H15N3O/c1-2-11-4-3-5-13(8-11)19-16(20)12-6-7-14-15(9-12)18-10-17-14/h3-10H,2H2,1H3,(H,17,18)(H,19,20). The molecule has 1 heterocycles. The molecule has 3 rings (SSSR count). The molecule has 2 N–H and O–H groups in total. The Morgan fingerprint density at radius 3 is 3.00 bits per heavy atom. The van der Waals surface area contributed by atoms with Crippen LogP contribution in [0.4, 0.5) is 5.69 Å². The van der Waals surface area contributed by atoms with Gasteiger partial charge in [-0.2, -0.15) is 0 Å². The molecular weight excluding hydrogens is 250 g/mol. The summed E-state index contributed by atoms with van der Waals surface area (Å²) in [7, 11) is 0.